The molecule has 0 saturated heterocycles. The first kappa shape index (κ1) is 18.4. The molecule has 0 amide bonds. The lowest BCUT2D eigenvalue weighted by molar-refractivity contribution is 0.268. The molecular formula is C22H22N6O2. The van der Waals surface area contributed by atoms with E-state index in [1.165, 1.54) is 11.1 Å². The third-order valence-corrected chi connectivity index (χ3v) is 5.11. The van der Waals surface area contributed by atoms with Crippen molar-refractivity contribution in [3.05, 3.63) is 59.7 Å². The van der Waals surface area contributed by atoms with Gasteiger partial charge in [0.15, 0.2) is 17.1 Å². The maximum atomic E-state index is 6.07. The van der Waals surface area contributed by atoms with Gasteiger partial charge in [0.2, 0.25) is 5.82 Å². The fourth-order valence-electron chi connectivity index (χ4n) is 3.51. The highest BCUT2D eigenvalue weighted by molar-refractivity contribution is 5.88. The standard InChI is InChI=1S/C22H22N6O2/c1-13(2)16-7-5-14(3)9-19(16)29-11-15-6-8-18(30-15)20-25-22-17-10-24-27(4)21(17)23-12-28(22)26-20/h5-10,12-13H,11H2,1-4H3. The lowest BCUT2D eigenvalue weighted by Crippen LogP contribution is -1.99. The third-order valence-electron chi connectivity index (χ3n) is 5.11. The van der Waals surface area contributed by atoms with Crippen LogP contribution in [-0.2, 0) is 13.7 Å². The summed E-state index contributed by atoms with van der Waals surface area (Å²) in [4.78, 5) is 9.01. The van der Waals surface area contributed by atoms with Crippen LogP contribution < -0.4 is 4.74 Å². The highest BCUT2D eigenvalue weighted by Gasteiger charge is 2.16. The summed E-state index contributed by atoms with van der Waals surface area (Å²) in [5, 5.41) is 9.58. The Bertz CT molecular complexity index is 1360. The number of hydrogen-bond donors (Lipinski definition) is 0. The largest absolute Gasteiger partial charge is 0.485 e. The van der Waals surface area contributed by atoms with E-state index in [0.29, 0.717) is 35.5 Å². The number of hydrogen-bond acceptors (Lipinski definition) is 6. The normalized spacial score (nSPS) is 11.8. The van der Waals surface area contributed by atoms with Gasteiger partial charge in [-0.25, -0.2) is 14.5 Å². The summed E-state index contributed by atoms with van der Waals surface area (Å²) < 4.78 is 15.4. The van der Waals surface area contributed by atoms with Crippen molar-refractivity contribution in [1.29, 1.82) is 0 Å². The Hall–Kier alpha value is -3.68. The van der Waals surface area contributed by atoms with Crippen LogP contribution in [0.25, 0.3) is 28.3 Å². The smallest absolute Gasteiger partial charge is 0.217 e. The number of fused-ring (bicyclic) bond motifs is 3. The van der Waals surface area contributed by atoms with Gasteiger partial charge in [0.05, 0.1) is 11.6 Å². The van der Waals surface area contributed by atoms with Gasteiger partial charge in [-0.05, 0) is 42.2 Å². The van der Waals surface area contributed by atoms with Crippen molar-refractivity contribution in [2.45, 2.75) is 33.3 Å². The number of rotatable bonds is 5. The monoisotopic (exact) mass is 402 g/mol. The van der Waals surface area contributed by atoms with Crippen LogP contribution in [0, 0.1) is 6.92 Å². The van der Waals surface area contributed by atoms with Gasteiger partial charge in [-0.1, -0.05) is 26.0 Å². The van der Waals surface area contributed by atoms with E-state index in [-0.39, 0.29) is 0 Å². The molecule has 0 aliphatic heterocycles. The topological polar surface area (TPSA) is 83.3 Å². The molecule has 0 atom stereocenters. The molecule has 0 unspecified atom stereocenters. The van der Waals surface area contributed by atoms with Crippen LogP contribution in [0.3, 0.4) is 0 Å². The van der Waals surface area contributed by atoms with Gasteiger partial charge in [0, 0.05) is 7.05 Å². The molecule has 8 heteroatoms. The molecule has 0 aliphatic rings. The second kappa shape index (κ2) is 6.98. The summed E-state index contributed by atoms with van der Waals surface area (Å²) in [6, 6.07) is 10.0. The zero-order valence-electron chi connectivity index (χ0n) is 17.3. The highest BCUT2D eigenvalue weighted by Crippen LogP contribution is 2.29. The fraction of sp³-hybridized carbons (Fsp3) is 0.273. The van der Waals surface area contributed by atoms with Gasteiger partial charge < -0.3 is 9.15 Å². The zero-order valence-corrected chi connectivity index (χ0v) is 17.3. The molecule has 0 spiro atoms. The van der Waals surface area contributed by atoms with E-state index in [0.717, 1.165) is 16.8 Å². The van der Waals surface area contributed by atoms with E-state index in [1.54, 1.807) is 21.7 Å². The molecule has 0 fully saturated rings. The first-order valence-electron chi connectivity index (χ1n) is 9.85. The van der Waals surface area contributed by atoms with Crippen molar-refractivity contribution in [3.8, 4) is 17.3 Å². The molecule has 5 rings (SSSR count). The zero-order chi connectivity index (χ0) is 20.8. The predicted octanol–water partition coefficient (Wildman–Crippen LogP) is 4.28. The Morgan fingerprint density at radius 3 is 2.83 bits per heavy atom. The Labute approximate surface area is 173 Å². The van der Waals surface area contributed by atoms with Crippen molar-refractivity contribution >= 4 is 16.7 Å². The second-order valence-corrected chi connectivity index (χ2v) is 7.70. The summed E-state index contributed by atoms with van der Waals surface area (Å²) in [5.74, 6) is 3.07. The summed E-state index contributed by atoms with van der Waals surface area (Å²) in [6.07, 6.45) is 3.37. The van der Waals surface area contributed by atoms with Gasteiger partial charge in [-0.15, -0.1) is 5.10 Å². The van der Waals surface area contributed by atoms with Crippen LogP contribution in [0.15, 0.2) is 47.3 Å². The van der Waals surface area contributed by atoms with Gasteiger partial charge in [0.1, 0.15) is 24.4 Å². The Kier molecular flexibility index (Phi) is 4.27. The van der Waals surface area contributed by atoms with Gasteiger partial charge in [0.25, 0.3) is 0 Å². The molecule has 152 valence electrons. The molecule has 0 bridgehead atoms. The van der Waals surface area contributed by atoms with Crippen LogP contribution in [0.1, 0.15) is 36.7 Å². The Morgan fingerprint density at radius 2 is 2.00 bits per heavy atom. The van der Waals surface area contributed by atoms with Crippen molar-refractivity contribution in [1.82, 2.24) is 29.4 Å². The molecule has 1 aromatic carbocycles. The summed E-state index contributed by atoms with van der Waals surface area (Å²) >= 11 is 0. The average molecular weight is 402 g/mol. The van der Waals surface area contributed by atoms with Gasteiger partial charge >= 0.3 is 0 Å². The minimum absolute atomic E-state index is 0.338. The maximum Gasteiger partial charge on any atom is 0.217 e. The number of ether oxygens (including phenoxy) is 1. The fourth-order valence-corrected chi connectivity index (χ4v) is 3.51. The Balaban J connectivity index is 1.41. The molecule has 4 aromatic heterocycles. The van der Waals surface area contributed by atoms with E-state index in [1.807, 2.05) is 19.2 Å². The number of aromatic nitrogens is 6. The van der Waals surface area contributed by atoms with Crippen LogP contribution in [0.5, 0.6) is 5.75 Å². The minimum Gasteiger partial charge on any atom is -0.485 e. The summed E-state index contributed by atoms with van der Waals surface area (Å²) in [5.41, 5.74) is 3.80. The van der Waals surface area contributed by atoms with Crippen LogP contribution in [0.4, 0.5) is 0 Å². The molecule has 0 saturated carbocycles. The van der Waals surface area contributed by atoms with Crippen LogP contribution >= 0.6 is 0 Å². The van der Waals surface area contributed by atoms with Gasteiger partial charge in [-0.2, -0.15) is 5.10 Å². The highest BCUT2D eigenvalue weighted by atomic mass is 16.5. The SMILES string of the molecule is Cc1ccc(C(C)C)c(OCc2ccc(-c3nc4c5cnn(C)c5ncn4n3)o2)c1. The van der Waals surface area contributed by atoms with E-state index in [2.05, 4.69) is 59.1 Å². The van der Waals surface area contributed by atoms with Crippen LogP contribution in [0.2, 0.25) is 0 Å². The van der Waals surface area contributed by atoms with Crippen molar-refractivity contribution in [3.63, 3.8) is 0 Å². The van der Waals surface area contributed by atoms with Crippen molar-refractivity contribution < 1.29 is 9.15 Å². The number of aryl methyl sites for hydroxylation is 2. The first-order chi connectivity index (χ1) is 14.5. The molecule has 8 nitrogen and oxygen atoms in total. The number of benzene rings is 1. The molecule has 30 heavy (non-hydrogen) atoms. The lowest BCUT2D eigenvalue weighted by Gasteiger charge is -2.14. The molecule has 4 heterocycles. The van der Waals surface area contributed by atoms with E-state index >= 15 is 0 Å². The lowest BCUT2D eigenvalue weighted by atomic mass is 10.0. The first-order valence-corrected chi connectivity index (χ1v) is 9.85. The maximum absolute atomic E-state index is 6.07. The molecule has 0 aliphatic carbocycles. The molecular weight excluding hydrogens is 380 g/mol. The van der Waals surface area contributed by atoms with Crippen LogP contribution in [-0.4, -0.2) is 29.4 Å². The van der Waals surface area contributed by atoms with Gasteiger partial charge in [-0.3, -0.25) is 4.68 Å². The minimum atomic E-state index is 0.338. The van der Waals surface area contributed by atoms with Crippen molar-refractivity contribution in [2.75, 3.05) is 0 Å². The average Bonchev–Trinajstić information content (AvgIpc) is 3.44. The van der Waals surface area contributed by atoms with E-state index in [9.17, 15) is 0 Å². The Morgan fingerprint density at radius 1 is 1.13 bits per heavy atom. The second-order valence-electron chi connectivity index (χ2n) is 7.70. The third kappa shape index (κ3) is 3.10. The summed E-state index contributed by atoms with van der Waals surface area (Å²) in [6.45, 7) is 6.72. The molecule has 5 aromatic rings. The predicted molar refractivity (Wildman–Crippen MR) is 112 cm³/mol. The summed E-state index contributed by atoms with van der Waals surface area (Å²) in [7, 11) is 1.85. The number of furan rings is 1. The molecule has 0 radical (unpaired) electrons. The van der Waals surface area contributed by atoms with E-state index in [4.69, 9.17) is 9.15 Å². The molecule has 0 N–H and O–H groups in total. The van der Waals surface area contributed by atoms with E-state index < -0.39 is 0 Å². The van der Waals surface area contributed by atoms with Crippen molar-refractivity contribution in [2.24, 2.45) is 7.05 Å². The quantitative estimate of drug-likeness (QED) is 0.436. The number of nitrogens with zero attached hydrogens (tertiary/aromatic N) is 6.